The van der Waals surface area contributed by atoms with Gasteiger partial charge in [0.05, 0.1) is 11.2 Å². The molecule has 80 valence electrons. The Bertz CT molecular complexity index is 609. The Hall–Kier alpha value is -2.37. The zero-order valence-electron chi connectivity index (χ0n) is 8.46. The van der Waals surface area contributed by atoms with Crippen LogP contribution < -0.4 is 5.73 Å². The van der Waals surface area contributed by atoms with Crippen molar-refractivity contribution in [2.75, 3.05) is 5.73 Å². The second-order valence-electron chi connectivity index (χ2n) is 3.52. The first kappa shape index (κ1) is 8.90. The van der Waals surface area contributed by atoms with Gasteiger partial charge < -0.3 is 10.7 Å². The van der Waals surface area contributed by atoms with E-state index in [-0.39, 0.29) is 0 Å². The fourth-order valence-electron chi connectivity index (χ4n) is 1.65. The molecule has 6 heteroatoms. The van der Waals surface area contributed by atoms with Crippen LogP contribution in [0.2, 0.25) is 0 Å². The Labute approximate surface area is 91.1 Å². The number of aromatic amines is 1. The summed E-state index contributed by atoms with van der Waals surface area (Å²) in [6.45, 7) is 0.564. The molecule has 2 aromatic heterocycles. The molecule has 0 saturated carbocycles. The molecule has 0 fully saturated rings. The monoisotopic (exact) mass is 214 g/mol. The Morgan fingerprint density at radius 2 is 2.31 bits per heavy atom. The van der Waals surface area contributed by atoms with Crippen LogP contribution in [-0.4, -0.2) is 24.7 Å². The Kier molecular flexibility index (Phi) is 1.86. The van der Waals surface area contributed by atoms with Gasteiger partial charge in [-0.05, 0) is 12.1 Å². The van der Waals surface area contributed by atoms with E-state index < -0.39 is 0 Å². The first-order valence-corrected chi connectivity index (χ1v) is 4.88. The number of benzene rings is 1. The molecular formula is C10H10N6. The summed E-state index contributed by atoms with van der Waals surface area (Å²) in [7, 11) is 0. The first-order valence-electron chi connectivity index (χ1n) is 4.88. The first-order chi connectivity index (χ1) is 7.83. The van der Waals surface area contributed by atoms with Gasteiger partial charge in [0, 0.05) is 0 Å². The number of hydrogen-bond acceptors (Lipinski definition) is 4. The molecule has 3 rings (SSSR count). The number of fused-ring (bicyclic) bond motifs is 1. The number of nitrogen functional groups attached to an aromatic ring is 1. The van der Waals surface area contributed by atoms with E-state index in [1.807, 2.05) is 18.2 Å². The lowest BCUT2D eigenvalue weighted by Gasteiger charge is -1.94. The van der Waals surface area contributed by atoms with Gasteiger partial charge in [-0.3, -0.25) is 0 Å². The molecule has 2 heterocycles. The summed E-state index contributed by atoms with van der Waals surface area (Å²) < 4.78 is 1.70. The van der Waals surface area contributed by atoms with Crippen LogP contribution in [-0.2, 0) is 6.54 Å². The average molecular weight is 214 g/mol. The predicted molar refractivity (Wildman–Crippen MR) is 59.6 cm³/mol. The number of nitrogens with zero attached hydrogens (tertiary/aromatic N) is 4. The number of H-pyrrole nitrogens is 1. The van der Waals surface area contributed by atoms with E-state index in [1.165, 1.54) is 6.33 Å². The molecule has 0 bridgehead atoms. The van der Waals surface area contributed by atoms with E-state index in [1.54, 1.807) is 11.0 Å². The summed E-state index contributed by atoms with van der Waals surface area (Å²) in [5, 5.41) is 4.02. The van der Waals surface area contributed by atoms with Crippen molar-refractivity contribution in [2.45, 2.75) is 6.54 Å². The van der Waals surface area contributed by atoms with Crippen LogP contribution in [0.25, 0.3) is 11.0 Å². The van der Waals surface area contributed by atoms with Crippen molar-refractivity contribution in [1.82, 2.24) is 24.7 Å². The lowest BCUT2D eigenvalue weighted by atomic mass is 10.3. The van der Waals surface area contributed by atoms with Crippen LogP contribution >= 0.6 is 0 Å². The SMILES string of the molecule is Nc1cccc2[nH]c(Cn3cncn3)nc12. The molecule has 0 spiro atoms. The van der Waals surface area contributed by atoms with Gasteiger partial charge in [-0.1, -0.05) is 6.07 Å². The molecule has 1 aromatic carbocycles. The Morgan fingerprint density at radius 1 is 1.38 bits per heavy atom. The molecule has 0 saturated heterocycles. The molecule has 0 aliphatic heterocycles. The normalized spacial score (nSPS) is 11.0. The van der Waals surface area contributed by atoms with Crippen LogP contribution in [0.1, 0.15) is 5.82 Å². The maximum absolute atomic E-state index is 5.83. The number of nitrogens with one attached hydrogen (secondary N) is 1. The quantitative estimate of drug-likeness (QED) is 0.617. The summed E-state index contributed by atoms with van der Waals surface area (Å²) >= 11 is 0. The highest BCUT2D eigenvalue weighted by molar-refractivity contribution is 5.86. The standard InChI is InChI=1S/C10H10N6/c11-7-2-1-3-8-10(7)15-9(14-8)4-16-6-12-5-13-16/h1-3,5-6H,4,11H2,(H,14,15). The number of nitrogens with two attached hydrogens (primary N) is 1. The highest BCUT2D eigenvalue weighted by Crippen LogP contribution is 2.18. The van der Waals surface area contributed by atoms with Crippen LogP contribution in [0, 0.1) is 0 Å². The summed E-state index contributed by atoms with van der Waals surface area (Å²) in [5.74, 6) is 0.818. The molecule has 0 radical (unpaired) electrons. The van der Waals surface area contributed by atoms with Gasteiger partial charge in [0.15, 0.2) is 0 Å². The molecule has 16 heavy (non-hydrogen) atoms. The second-order valence-corrected chi connectivity index (χ2v) is 3.52. The van der Waals surface area contributed by atoms with E-state index in [4.69, 9.17) is 5.73 Å². The lowest BCUT2D eigenvalue weighted by Crippen LogP contribution is -2.01. The van der Waals surface area contributed by atoms with E-state index in [9.17, 15) is 0 Å². The lowest BCUT2D eigenvalue weighted by molar-refractivity contribution is 0.661. The van der Waals surface area contributed by atoms with Crippen molar-refractivity contribution in [3.05, 3.63) is 36.7 Å². The van der Waals surface area contributed by atoms with E-state index in [2.05, 4.69) is 20.1 Å². The van der Waals surface area contributed by atoms with Gasteiger partial charge in [-0.15, -0.1) is 0 Å². The van der Waals surface area contributed by atoms with Crippen LogP contribution in [0.15, 0.2) is 30.9 Å². The smallest absolute Gasteiger partial charge is 0.137 e. The number of hydrogen-bond donors (Lipinski definition) is 2. The third-order valence-corrected chi connectivity index (χ3v) is 2.37. The van der Waals surface area contributed by atoms with Gasteiger partial charge in [-0.2, -0.15) is 5.10 Å². The maximum Gasteiger partial charge on any atom is 0.137 e. The topological polar surface area (TPSA) is 85.4 Å². The van der Waals surface area contributed by atoms with Crippen molar-refractivity contribution >= 4 is 16.7 Å². The Morgan fingerprint density at radius 3 is 3.06 bits per heavy atom. The summed E-state index contributed by atoms with van der Waals surface area (Å²) in [5.41, 5.74) is 8.25. The summed E-state index contributed by atoms with van der Waals surface area (Å²) in [6, 6.07) is 5.68. The van der Waals surface area contributed by atoms with Crippen LogP contribution in [0.4, 0.5) is 5.69 Å². The highest BCUT2D eigenvalue weighted by atomic mass is 15.3. The van der Waals surface area contributed by atoms with Gasteiger partial charge in [-0.25, -0.2) is 14.6 Å². The molecule has 0 aliphatic carbocycles. The minimum atomic E-state index is 0.564. The largest absolute Gasteiger partial charge is 0.397 e. The van der Waals surface area contributed by atoms with Crippen molar-refractivity contribution in [2.24, 2.45) is 0 Å². The molecular weight excluding hydrogens is 204 g/mol. The number of aromatic nitrogens is 5. The van der Waals surface area contributed by atoms with Crippen LogP contribution in [0.5, 0.6) is 0 Å². The minimum absolute atomic E-state index is 0.564. The molecule has 0 aliphatic rings. The zero-order chi connectivity index (χ0) is 11.0. The van der Waals surface area contributed by atoms with Crippen molar-refractivity contribution in [3.8, 4) is 0 Å². The van der Waals surface area contributed by atoms with Gasteiger partial charge >= 0.3 is 0 Å². The summed E-state index contributed by atoms with van der Waals surface area (Å²) in [4.78, 5) is 11.5. The number of imidazole rings is 1. The molecule has 3 N–H and O–H groups in total. The maximum atomic E-state index is 5.83. The van der Waals surface area contributed by atoms with Crippen molar-refractivity contribution in [3.63, 3.8) is 0 Å². The highest BCUT2D eigenvalue weighted by Gasteiger charge is 2.05. The minimum Gasteiger partial charge on any atom is -0.397 e. The van der Waals surface area contributed by atoms with Crippen molar-refractivity contribution in [1.29, 1.82) is 0 Å². The van der Waals surface area contributed by atoms with Crippen LogP contribution in [0.3, 0.4) is 0 Å². The average Bonchev–Trinajstić information content (AvgIpc) is 2.88. The number of anilines is 1. The predicted octanol–water partition coefficient (Wildman–Crippen LogP) is 0.785. The van der Waals surface area contributed by atoms with Crippen molar-refractivity contribution < 1.29 is 0 Å². The van der Waals surface area contributed by atoms with E-state index in [0.717, 1.165) is 16.9 Å². The second kappa shape index (κ2) is 3.34. The number of rotatable bonds is 2. The van der Waals surface area contributed by atoms with Gasteiger partial charge in [0.25, 0.3) is 0 Å². The molecule has 6 nitrogen and oxygen atoms in total. The Balaban J connectivity index is 2.02. The molecule has 0 unspecified atom stereocenters. The van der Waals surface area contributed by atoms with E-state index in [0.29, 0.717) is 12.2 Å². The number of para-hydroxylation sites is 1. The zero-order valence-corrected chi connectivity index (χ0v) is 8.46. The fourth-order valence-corrected chi connectivity index (χ4v) is 1.65. The summed E-state index contributed by atoms with van der Waals surface area (Å²) in [6.07, 6.45) is 3.15. The van der Waals surface area contributed by atoms with E-state index >= 15 is 0 Å². The molecule has 0 amide bonds. The van der Waals surface area contributed by atoms with Gasteiger partial charge in [0.2, 0.25) is 0 Å². The third-order valence-electron chi connectivity index (χ3n) is 2.37. The fraction of sp³-hybridized carbons (Fsp3) is 0.100. The molecule has 3 aromatic rings. The molecule has 0 atom stereocenters. The third kappa shape index (κ3) is 1.40. The van der Waals surface area contributed by atoms with Gasteiger partial charge in [0.1, 0.15) is 30.5 Å².